The van der Waals surface area contributed by atoms with Gasteiger partial charge in [-0.2, -0.15) is 0 Å². The third kappa shape index (κ3) is 5.29. The third-order valence-corrected chi connectivity index (χ3v) is 3.53. The van der Waals surface area contributed by atoms with E-state index in [0.717, 1.165) is 23.3 Å². The molecule has 2 N–H and O–H groups in total. The predicted octanol–water partition coefficient (Wildman–Crippen LogP) is 2.91. The van der Waals surface area contributed by atoms with Crippen molar-refractivity contribution in [3.8, 4) is 5.75 Å². The van der Waals surface area contributed by atoms with E-state index >= 15 is 0 Å². The predicted molar refractivity (Wildman–Crippen MR) is 89.3 cm³/mol. The van der Waals surface area contributed by atoms with Crippen LogP contribution in [-0.2, 0) is 11.2 Å². The number of carbonyl (C=O) groups excluding carboxylic acids is 1. The molecule has 0 heterocycles. The second kappa shape index (κ2) is 8.17. The zero-order chi connectivity index (χ0) is 16.7. The summed E-state index contributed by atoms with van der Waals surface area (Å²) < 4.78 is 18.3. The minimum absolute atomic E-state index is 0.118. The van der Waals surface area contributed by atoms with E-state index in [9.17, 15) is 9.18 Å². The van der Waals surface area contributed by atoms with Gasteiger partial charge >= 0.3 is 0 Å². The Labute approximate surface area is 135 Å². The second-order valence-corrected chi connectivity index (χ2v) is 5.26. The molecule has 0 saturated heterocycles. The number of anilines is 1. The topological polar surface area (TPSA) is 50.4 Å². The highest BCUT2D eigenvalue weighted by molar-refractivity contribution is 5.80. The SMILES string of the molecule is COc1ccc(CCNC(=O)CNc2cc(F)ccc2C)cc1. The van der Waals surface area contributed by atoms with E-state index in [-0.39, 0.29) is 18.3 Å². The van der Waals surface area contributed by atoms with E-state index < -0.39 is 0 Å². The maximum atomic E-state index is 13.2. The van der Waals surface area contributed by atoms with E-state index in [2.05, 4.69) is 10.6 Å². The Morgan fingerprint density at radius 2 is 1.91 bits per heavy atom. The van der Waals surface area contributed by atoms with Crippen molar-refractivity contribution in [2.24, 2.45) is 0 Å². The zero-order valence-corrected chi connectivity index (χ0v) is 13.4. The molecule has 2 rings (SSSR count). The number of benzene rings is 2. The summed E-state index contributed by atoms with van der Waals surface area (Å²) in [5, 5.41) is 5.79. The van der Waals surface area contributed by atoms with Crippen molar-refractivity contribution in [2.75, 3.05) is 25.5 Å². The minimum Gasteiger partial charge on any atom is -0.497 e. The molecule has 5 heteroatoms. The molecule has 4 nitrogen and oxygen atoms in total. The number of hydrogen-bond acceptors (Lipinski definition) is 3. The summed E-state index contributed by atoms with van der Waals surface area (Å²) in [5.41, 5.74) is 2.66. The molecule has 23 heavy (non-hydrogen) atoms. The molecule has 0 aliphatic carbocycles. The van der Waals surface area contributed by atoms with Crippen LogP contribution in [0.3, 0.4) is 0 Å². The highest BCUT2D eigenvalue weighted by Gasteiger charge is 2.04. The Morgan fingerprint density at radius 1 is 1.17 bits per heavy atom. The summed E-state index contributed by atoms with van der Waals surface area (Å²) in [6.07, 6.45) is 0.745. The standard InChI is InChI=1S/C18H21FN2O2/c1-13-3-6-15(19)11-17(13)21-12-18(22)20-10-9-14-4-7-16(23-2)8-5-14/h3-8,11,21H,9-10,12H2,1-2H3,(H,20,22). The first-order valence-corrected chi connectivity index (χ1v) is 7.48. The van der Waals surface area contributed by atoms with Gasteiger partial charge < -0.3 is 15.4 Å². The van der Waals surface area contributed by atoms with Gasteiger partial charge in [-0.3, -0.25) is 4.79 Å². The van der Waals surface area contributed by atoms with E-state index in [1.165, 1.54) is 12.1 Å². The molecule has 0 spiro atoms. The molecular formula is C18H21FN2O2. The van der Waals surface area contributed by atoms with E-state index in [1.807, 2.05) is 31.2 Å². The van der Waals surface area contributed by atoms with Gasteiger partial charge in [-0.05, 0) is 48.7 Å². The van der Waals surface area contributed by atoms with Crippen LogP contribution in [0.25, 0.3) is 0 Å². The highest BCUT2D eigenvalue weighted by atomic mass is 19.1. The summed E-state index contributed by atoms with van der Waals surface area (Å²) in [7, 11) is 1.63. The lowest BCUT2D eigenvalue weighted by Crippen LogP contribution is -2.31. The fraction of sp³-hybridized carbons (Fsp3) is 0.278. The Hall–Kier alpha value is -2.56. The van der Waals surface area contributed by atoms with Crippen LogP contribution < -0.4 is 15.4 Å². The van der Waals surface area contributed by atoms with Crippen molar-refractivity contribution in [3.05, 3.63) is 59.4 Å². The van der Waals surface area contributed by atoms with Crippen molar-refractivity contribution >= 4 is 11.6 Å². The number of methoxy groups -OCH3 is 1. The summed E-state index contributed by atoms with van der Waals surface area (Å²) in [6, 6.07) is 12.2. The van der Waals surface area contributed by atoms with Gasteiger partial charge in [0.05, 0.1) is 13.7 Å². The van der Waals surface area contributed by atoms with Gasteiger partial charge in [0, 0.05) is 12.2 Å². The number of nitrogens with one attached hydrogen (secondary N) is 2. The average molecular weight is 316 g/mol. The lowest BCUT2D eigenvalue weighted by molar-refractivity contribution is -0.119. The number of rotatable bonds is 7. The summed E-state index contributed by atoms with van der Waals surface area (Å²) in [6.45, 7) is 2.53. The summed E-state index contributed by atoms with van der Waals surface area (Å²) in [5.74, 6) is 0.368. The van der Waals surface area contributed by atoms with Crippen LogP contribution >= 0.6 is 0 Å². The first kappa shape index (κ1) is 16.8. The highest BCUT2D eigenvalue weighted by Crippen LogP contribution is 2.15. The molecule has 1 amide bonds. The van der Waals surface area contributed by atoms with Gasteiger partial charge in [-0.25, -0.2) is 4.39 Å². The van der Waals surface area contributed by atoms with Crippen molar-refractivity contribution in [1.82, 2.24) is 5.32 Å². The Kier molecular flexibility index (Phi) is 5.97. The van der Waals surface area contributed by atoms with E-state index in [4.69, 9.17) is 4.74 Å². The van der Waals surface area contributed by atoms with Gasteiger partial charge in [0.15, 0.2) is 0 Å². The molecule has 0 saturated carbocycles. The molecule has 0 unspecified atom stereocenters. The number of halogens is 1. The van der Waals surface area contributed by atoms with Gasteiger partial charge in [0.2, 0.25) is 5.91 Å². The molecule has 122 valence electrons. The van der Waals surface area contributed by atoms with Crippen LogP contribution in [0.2, 0.25) is 0 Å². The monoisotopic (exact) mass is 316 g/mol. The molecule has 0 aliphatic heterocycles. The molecule has 0 aromatic heterocycles. The maximum absolute atomic E-state index is 13.2. The fourth-order valence-electron chi connectivity index (χ4n) is 2.16. The Balaban J connectivity index is 1.73. The average Bonchev–Trinajstić information content (AvgIpc) is 2.56. The maximum Gasteiger partial charge on any atom is 0.239 e. The molecule has 2 aromatic rings. The number of hydrogen-bond donors (Lipinski definition) is 2. The first-order valence-electron chi connectivity index (χ1n) is 7.48. The Morgan fingerprint density at radius 3 is 2.61 bits per heavy atom. The lowest BCUT2D eigenvalue weighted by atomic mass is 10.1. The first-order chi connectivity index (χ1) is 11.1. The van der Waals surface area contributed by atoms with Gasteiger partial charge in [-0.15, -0.1) is 0 Å². The Bertz CT molecular complexity index is 657. The molecule has 0 fully saturated rings. The van der Waals surface area contributed by atoms with Crippen LogP contribution in [0.4, 0.5) is 10.1 Å². The van der Waals surface area contributed by atoms with Crippen molar-refractivity contribution < 1.29 is 13.9 Å². The van der Waals surface area contributed by atoms with E-state index in [0.29, 0.717) is 12.2 Å². The number of ether oxygens (including phenoxy) is 1. The molecule has 0 bridgehead atoms. The van der Waals surface area contributed by atoms with Crippen LogP contribution in [-0.4, -0.2) is 26.1 Å². The van der Waals surface area contributed by atoms with Gasteiger partial charge in [0.1, 0.15) is 11.6 Å². The van der Waals surface area contributed by atoms with Crippen molar-refractivity contribution in [1.29, 1.82) is 0 Å². The van der Waals surface area contributed by atoms with Crippen LogP contribution in [0.5, 0.6) is 5.75 Å². The van der Waals surface area contributed by atoms with Gasteiger partial charge in [-0.1, -0.05) is 18.2 Å². The largest absolute Gasteiger partial charge is 0.497 e. The molecular weight excluding hydrogens is 295 g/mol. The quantitative estimate of drug-likeness (QED) is 0.826. The molecule has 0 aliphatic rings. The van der Waals surface area contributed by atoms with Crippen LogP contribution in [0.15, 0.2) is 42.5 Å². The third-order valence-electron chi connectivity index (χ3n) is 3.53. The minimum atomic E-state index is -0.321. The fourth-order valence-corrected chi connectivity index (χ4v) is 2.16. The zero-order valence-electron chi connectivity index (χ0n) is 13.4. The van der Waals surface area contributed by atoms with Crippen LogP contribution in [0.1, 0.15) is 11.1 Å². The molecule has 0 atom stereocenters. The lowest BCUT2D eigenvalue weighted by Gasteiger charge is -2.10. The summed E-state index contributed by atoms with van der Waals surface area (Å²) >= 11 is 0. The normalized spacial score (nSPS) is 10.2. The van der Waals surface area contributed by atoms with Gasteiger partial charge in [0.25, 0.3) is 0 Å². The molecule has 0 radical (unpaired) electrons. The number of amides is 1. The van der Waals surface area contributed by atoms with Crippen molar-refractivity contribution in [3.63, 3.8) is 0 Å². The second-order valence-electron chi connectivity index (χ2n) is 5.26. The smallest absolute Gasteiger partial charge is 0.239 e. The summed E-state index contributed by atoms with van der Waals surface area (Å²) in [4.78, 5) is 11.8. The number of aryl methyl sites for hydroxylation is 1. The van der Waals surface area contributed by atoms with Crippen molar-refractivity contribution in [2.45, 2.75) is 13.3 Å². The van der Waals surface area contributed by atoms with E-state index in [1.54, 1.807) is 13.2 Å². The number of carbonyl (C=O) groups is 1. The molecule has 2 aromatic carbocycles. The van der Waals surface area contributed by atoms with Crippen LogP contribution in [0, 0.1) is 12.7 Å².